The van der Waals surface area contributed by atoms with Crippen molar-refractivity contribution in [1.29, 1.82) is 0 Å². The van der Waals surface area contributed by atoms with E-state index in [4.69, 9.17) is 9.47 Å². The van der Waals surface area contributed by atoms with Crippen LogP contribution in [-0.2, 0) is 9.53 Å². The summed E-state index contributed by atoms with van der Waals surface area (Å²) < 4.78 is 11.4. The van der Waals surface area contributed by atoms with E-state index < -0.39 is 5.60 Å². The van der Waals surface area contributed by atoms with Gasteiger partial charge in [-0.2, -0.15) is 5.10 Å². The molecule has 3 aliphatic rings. The largest absolute Gasteiger partial charge is 0.483 e. The molecule has 0 bridgehead atoms. The monoisotopic (exact) mass is 429 g/mol. The molecular weight excluding hydrogens is 398 g/mol. The number of anilines is 2. The Kier molecular flexibility index (Phi) is 5.23. The van der Waals surface area contributed by atoms with Crippen LogP contribution < -0.4 is 20.4 Å². The summed E-state index contributed by atoms with van der Waals surface area (Å²) in [5.74, 6) is 1.56. The smallest absolute Gasteiger partial charge is 0.410 e. The molecular formula is C22H31N5O4. The minimum atomic E-state index is -0.504. The number of ether oxygens (including phenoxy) is 2. The molecule has 0 aliphatic carbocycles. The SMILES string of the molecule is CC(C)c1cc2c(cc1NC1CN(C(=O)OC(C)(C)C)C1)N1C(=NNC(=O)C1C)CO2. The van der Waals surface area contributed by atoms with Crippen LogP contribution in [0.1, 0.15) is 53.0 Å². The topological polar surface area (TPSA) is 95.5 Å². The van der Waals surface area contributed by atoms with Gasteiger partial charge in [-0.1, -0.05) is 13.8 Å². The number of hydrogen-bond acceptors (Lipinski definition) is 7. The Morgan fingerprint density at radius 3 is 2.68 bits per heavy atom. The van der Waals surface area contributed by atoms with Crippen LogP contribution in [0.2, 0.25) is 0 Å². The lowest BCUT2D eigenvalue weighted by atomic mass is 9.97. The summed E-state index contributed by atoms with van der Waals surface area (Å²) in [4.78, 5) is 28.0. The molecule has 1 unspecified atom stereocenters. The fraction of sp³-hybridized carbons (Fsp3) is 0.591. The Hall–Kier alpha value is -2.97. The first-order valence-corrected chi connectivity index (χ1v) is 10.7. The average molecular weight is 430 g/mol. The van der Waals surface area contributed by atoms with Gasteiger partial charge in [0.25, 0.3) is 5.91 Å². The summed E-state index contributed by atoms with van der Waals surface area (Å²) in [5, 5.41) is 7.73. The van der Waals surface area contributed by atoms with E-state index in [1.807, 2.05) is 44.7 Å². The quantitative estimate of drug-likeness (QED) is 0.767. The van der Waals surface area contributed by atoms with E-state index in [9.17, 15) is 9.59 Å². The molecule has 0 saturated carbocycles. The predicted molar refractivity (Wildman–Crippen MR) is 119 cm³/mol. The molecule has 1 fully saturated rings. The van der Waals surface area contributed by atoms with Gasteiger partial charge in [-0.15, -0.1) is 0 Å². The Morgan fingerprint density at radius 2 is 2.03 bits per heavy atom. The summed E-state index contributed by atoms with van der Waals surface area (Å²) in [7, 11) is 0. The number of benzene rings is 1. The molecule has 9 heteroatoms. The van der Waals surface area contributed by atoms with Crippen LogP contribution in [-0.4, -0.2) is 60.1 Å². The van der Waals surface area contributed by atoms with Gasteiger partial charge in [0.05, 0.1) is 11.7 Å². The number of hydrazone groups is 1. The maximum absolute atomic E-state index is 12.2. The lowest BCUT2D eigenvalue weighted by molar-refractivity contribution is -0.122. The van der Waals surface area contributed by atoms with Crippen molar-refractivity contribution < 1.29 is 19.1 Å². The third kappa shape index (κ3) is 4.13. The van der Waals surface area contributed by atoms with Crippen LogP contribution >= 0.6 is 0 Å². The van der Waals surface area contributed by atoms with Crippen LogP contribution in [0.3, 0.4) is 0 Å². The van der Waals surface area contributed by atoms with E-state index >= 15 is 0 Å². The van der Waals surface area contributed by atoms with Gasteiger partial charge >= 0.3 is 6.09 Å². The number of nitrogens with one attached hydrogen (secondary N) is 2. The second-order valence-corrected chi connectivity index (χ2v) is 9.63. The molecule has 2 amide bonds. The minimum Gasteiger partial charge on any atom is -0.483 e. The summed E-state index contributed by atoms with van der Waals surface area (Å²) in [6.45, 7) is 13.2. The van der Waals surface area contributed by atoms with Gasteiger partial charge in [-0.25, -0.2) is 10.2 Å². The van der Waals surface area contributed by atoms with Crippen LogP contribution in [0.4, 0.5) is 16.2 Å². The van der Waals surface area contributed by atoms with Gasteiger partial charge in [-0.05, 0) is 51.3 Å². The van der Waals surface area contributed by atoms with Gasteiger partial charge in [0, 0.05) is 18.8 Å². The first kappa shape index (κ1) is 21.3. The number of likely N-dealkylation sites (tertiary alicyclic amines) is 1. The lowest BCUT2D eigenvalue weighted by Crippen LogP contribution is -2.58. The van der Waals surface area contributed by atoms with Crippen molar-refractivity contribution in [3.63, 3.8) is 0 Å². The molecule has 0 aromatic heterocycles. The zero-order chi connectivity index (χ0) is 22.5. The van der Waals surface area contributed by atoms with Crippen molar-refractivity contribution in [2.45, 2.75) is 65.1 Å². The fourth-order valence-electron chi connectivity index (χ4n) is 3.96. The Bertz CT molecular complexity index is 931. The minimum absolute atomic E-state index is 0.128. The highest BCUT2D eigenvalue weighted by Crippen LogP contribution is 2.41. The van der Waals surface area contributed by atoms with Crippen molar-refractivity contribution in [2.24, 2.45) is 5.10 Å². The summed E-state index contributed by atoms with van der Waals surface area (Å²) >= 11 is 0. The molecule has 1 atom stereocenters. The fourth-order valence-corrected chi connectivity index (χ4v) is 3.96. The normalized spacial score (nSPS) is 20.8. The molecule has 3 heterocycles. The molecule has 31 heavy (non-hydrogen) atoms. The molecule has 0 spiro atoms. The van der Waals surface area contributed by atoms with E-state index in [2.05, 4.69) is 29.7 Å². The molecule has 9 nitrogen and oxygen atoms in total. The maximum Gasteiger partial charge on any atom is 0.410 e. The molecule has 168 valence electrons. The highest BCUT2D eigenvalue weighted by molar-refractivity contribution is 6.09. The number of rotatable bonds is 3. The van der Waals surface area contributed by atoms with Crippen LogP contribution in [0.25, 0.3) is 0 Å². The van der Waals surface area contributed by atoms with Crippen molar-refractivity contribution >= 4 is 29.2 Å². The summed E-state index contributed by atoms with van der Waals surface area (Å²) in [6, 6.07) is 3.83. The second kappa shape index (κ2) is 7.62. The van der Waals surface area contributed by atoms with Gasteiger partial charge in [-0.3, -0.25) is 4.79 Å². The zero-order valence-corrected chi connectivity index (χ0v) is 19.0. The number of carbonyl (C=O) groups is 2. The van der Waals surface area contributed by atoms with Crippen molar-refractivity contribution in [2.75, 3.05) is 29.9 Å². The number of nitrogens with zero attached hydrogens (tertiary/aromatic N) is 3. The predicted octanol–water partition coefficient (Wildman–Crippen LogP) is 2.87. The summed E-state index contributed by atoms with van der Waals surface area (Å²) in [6.07, 6.45) is -0.289. The summed E-state index contributed by atoms with van der Waals surface area (Å²) in [5.41, 5.74) is 4.97. The molecule has 1 aromatic rings. The molecule has 0 radical (unpaired) electrons. The highest BCUT2D eigenvalue weighted by Gasteiger charge is 2.37. The van der Waals surface area contributed by atoms with Crippen molar-refractivity contribution in [3.8, 4) is 5.75 Å². The third-order valence-corrected chi connectivity index (χ3v) is 5.60. The van der Waals surface area contributed by atoms with E-state index in [1.54, 1.807) is 4.90 Å². The molecule has 3 aliphatic heterocycles. The average Bonchev–Trinajstić information content (AvgIpc) is 2.64. The first-order valence-electron chi connectivity index (χ1n) is 10.7. The lowest BCUT2D eigenvalue weighted by Gasteiger charge is -2.42. The third-order valence-electron chi connectivity index (χ3n) is 5.60. The van der Waals surface area contributed by atoms with E-state index in [0.29, 0.717) is 25.5 Å². The van der Waals surface area contributed by atoms with E-state index in [0.717, 1.165) is 22.7 Å². The van der Waals surface area contributed by atoms with E-state index in [-0.39, 0.29) is 30.0 Å². The van der Waals surface area contributed by atoms with Crippen LogP contribution in [0.15, 0.2) is 17.2 Å². The zero-order valence-electron chi connectivity index (χ0n) is 19.0. The number of fused-ring (bicyclic) bond motifs is 3. The van der Waals surface area contributed by atoms with E-state index in [1.165, 1.54) is 0 Å². The number of amidine groups is 1. The first-order chi connectivity index (χ1) is 14.5. The van der Waals surface area contributed by atoms with Gasteiger partial charge in [0.2, 0.25) is 0 Å². The number of hydrogen-bond donors (Lipinski definition) is 2. The van der Waals surface area contributed by atoms with Crippen LogP contribution in [0.5, 0.6) is 5.75 Å². The van der Waals surface area contributed by atoms with Gasteiger partial charge in [0.1, 0.15) is 24.0 Å². The second-order valence-electron chi connectivity index (χ2n) is 9.63. The van der Waals surface area contributed by atoms with Gasteiger partial charge in [0.15, 0.2) is 5.84 Å². The standard InChI is InChI=1S/C22H31N5O4/c1-12(2)15-7-18-17(27-13(3)20(28)25-24-19(27)11-30-18)8-16(15)23-14-9-26(10-14)21(29)31-22(4,5)6/h7-8,12-14,23H,9-11H2,1-6H3,(H,25,28). The van der Waals surface area contributed by atoms with Crippen LogP contribution in [0, 0.1) is 0 Å². The van der Waals surface area contributed by atoms with Crippen molar-refractivity contribution in [3.05, 3.63) is 17.7 Å². The molecule has 1 saturated heterocycles. The number of amides is 2. The van der Waals surface area contributed by atoms with Crippen molar-refractivity contribution in [1.82, 2.24) is 10.3 Å². The Balaban J connectivity index is 1.55. The Morgan fingerprint density at radius 1 is 1.32 bits per heavy atom. The highest BCUT2D eigenvalue weighted by atomic mass is 16.6. The molecule has 2 N–H and O–H groups in total. The number of carbonyl (C=O) groups excluding carboxylic acids is 2. The molecule has 1 aromatic carbocycles. The van der Waals surface area contributed by atoms with Gasteiger partial charge < -0.3 is 24.6 Å². The maximum atomic E-state index is 12.2. The Labute approximate surface area is 182 Å². The molecule has 4 rings (SSSR count).